The fourth-order valence-corrected chi connectivity index (χ4v) is 1.51. The summed E-state index contributed by atoms with van der Waals surface area (Å²) in [5.41, 5.74) is 0.995. The van der Waals surface area contributed by atoms with Crippen molar-refractivity contribution >= 4 is 28.0 Å². The van der Waals surface area contributed by atoms with Gasteiger partial charge in [-0.15, -0.1) is 0 Å². The Hall–Kier alpha value is -1.37. The normalized spacial score (nSPS) is 10.6. The van der Waals surface area contributed by atoms with E-state index in [0.29, 0.717) is 13.2 Å². The Morgan fingerprint density at radius 2 is 2.05 bits per heavy atom. The van der Waals surface area contributed by atoms with E-state index in [0.717, 1.165) is 10.0 Å². The largest absolute Gasteiger partial charge is 0.394 e. The molecule has 1 aromatic rings. The van der Waals surface area contributed by atoms with Gasteiger partial charge in [0.1, 0.15) is 0 Å². The highest BCUT2D eigenvalue weighted by Crippen LogP contribution is 2.10. The zero-order valence-electron chi connectivity index (χ0n) is 10.4. The maximum Gasteiger partial charge on any atom is 0.318 e. The minimum Gasteiger partial charge on any atom is -0.394 e. The zero-order valence-corrected chi connectivity index (χ0v) is 12.0. The molecule has 0 unspecified atom stereocenters. The van der Waals surface area contributed by atoms with Crippen LogP contribution in [0.5, 0.6) is 0 Å². The van der Waals surface area contributed by atoms with E-state index in [9.17, 15) is 4.79 Å². The number of amides is 2. The summed E-state index contributed by atoms with van der Waals surface area (Å²) in [5, 5.41) is 13.7. The molecular weight excluding hydrogens is 312 g/mol. The molecule has 0 radical (unpaired) electrons. The zero-order chi connectivity index (χ0) is 13.9. The van der Waals surface area contributed by atoms with Crippen molar-refractivity contribution in [3.05, 3.63) is 40.5 Å². The molecule has 0 aromatic heterocycles. The number of carbonyl (C=O) groups excluding carboxylic acids is 1. The van der Waals surface area contributed by atoms with Gasteiger partial charge in [0.25, 0.3) is 0 Å². The lowest BCUT2D eigenvalue weighted by atomic mass is 10.2. The van der Waals surface area contributed by atoms with Crippen LogP contribution in [0.3, 0.4) is 0 Å². The van der Waals surface area contributed by atoms with E-state index in [1.165, 1.54) is 0 Å². The quantitative estimate of drug-likeness (QED) is 0.667. The van der Waals surface area contributed by atoms with Crippen LogP contribution >= 0.6 is 15.9 Å². The number of aliphatic hydroxyl groups is 1. The predicted octanol–water partition coefficient (Wildman–Crippen LogP) is 1.73. The Morgan fingerprint density at radius 1 is 1.32 bits per heavy atom. The van der Waals surface area contributed by atoms with Crippen LogP contribution in [0.15, 0.2) is 34.9 Å². The van der Waals surface area contributed by atoms with Gasteiger partial charge in [0.05, 0.1) is 19.8 Å². The van der Waals surface area contributed by atoms with E-state index in [2.05, 4.69) is 26.6 Å². The standard InChI is InChI=1S/C13H17BrN2O3/c14-12-3-1-11(2-4-12)5-6-15-13(18)16-7-9-19-10-8-17/h1-6,17H,7-10H2,(H2,15,16,18)/b6-5+. The highest BCUT2D eigenvalue weighted by molar-refractivity contribution is 9.10. The average molecular weight is 329 g/mol. The van der Waals surface area contributed by atoms with Gasteiger partial charge in [-0.1, -0.05) is 28.1 Å². The second kappa shape index (κ2) is 9.55. The first-order valence-corrected chi connectivity index (χ1v) is 6.67. The van der Waals surface area contributed by atoms with E-state index in [1.807, 2.05) is 24.3 Å². The maximum absolute atomic E-state index is 11.3. The summed E-state index contributed by atoms with van der Waals surface area (Å²) >= 11 is 3.35. The van der Waals surface area contributed by atoms with Crippen molar-refractivity contribution in [2.75, 3.05) is 26.4 Å². The summed E-state index contributed by atoms with van der Waals surface area (Å²) in [7, 11) is 0. The number of hydrogen-bond donors (Lipinski definition) is 3. The minimum atomic E-state index is -0.291. The van der Waals surface area contributed by atoms with E-state index in [1.54, 1.807) is 12.3 Å². The monoisotopic (exact) mass is 328 g/mol. The molecule has 0 aliphatic rings. The Labute approximate surface area is 120 Å². The van der Waals surface area contributed by atoms with Crippen LogP contribution in [0, 0.1) is 0 Å². The molecule has 1 aromatic carbocycles. The van der Waals surface area contributed by atoms with Gasteiger partial charge >= 0.3 is 6.03 Å². The van der Waals surface area contributed by atoms with Crippen LogP contribution in [-0.4, -0.2) is 37.5 Å². The molecule has 0 spiro atoms. The van der Waals surface area contributed by atoms with Crippen LogP contribution in [0.25, 0.3) is 6.08 Å². The van der Waals surface area contributed by atoms with Crippen LogP contribution in [0.2, 0.25) is 0 Å². The molecule has 5 nitrogen and oxygen atoms in total. The number of nitrogens with one attached hydrogen (secondary N) is 2. The summed E-state index contributed by atoms with van der Waals surface area (Å²) in [6.45, 7) is 1.05. The second-order valence-corrected chi connectivity index (χ2v) is 4.54. The summed E-state index contributed by atoms with van der Waals surface area (Å²) in [6.07, 6.45) is 3.38. The summed E-state index contributed by atoms with van der Waals surface area (Å²) in [6, 6.07) is 7.43. The first-order valence-electron chi connectivity index (χ1n) is 5.87. The van der Waals surface area contributed by atoms with Gasteiger partial charge in [-0.25, -0.2) is 4.79 Å². The maximum atomic E-state index is 11.3. The second-order valence-electron chi connectivity index (χ2n) is 3.62. The number of urea groups is 1. The first-order chi connectivity index (χ1) is 9.22. The van der Waals surface area contributed by atoms with Gasteiger partial charge in [-0.3, -0.25) is 0 Å². The Morgan fingerprint density at radius 3 is 2.74 bits per heavy atom. The predicted molar refractivity (Wildman–Crippen MR) is 77.6 cm³/mol. The van der Waals surface area contributed by atoms with Crippen molar-refractivity contribution in [2.45, 2.75) is 0 Å². The van der Waals surface area contributed by atoms with E-state index in [-0.39, 0.29) is 19.2 Å². The Balaban J connectivity index is 2.17. The molecule has 0 aliphatic heterocycles. The lowest BCUT2D eigenvalue weighted by Crippen LogP contribution is -2.34. The molecule has 1 rings (SSSR count). The molecular formula is C13H17BrN2O3. The third-order valence-electron chi connectivity index (χ3n) is 2.13. The van der Waals surface area contributed by atoms with Gasteiger partial charge in [0, 0.05) is 17.2 Å². The van der Waals surface area contributed by atoms with Crippen LogP contribution in [0.1, 0.15) is 5.56 Å². The van der Waals surface area contributed by atoms with Crippen LogP contribution in [-0.2, 0) is 4.74 Å². The molecule has 6 heteroatoms. The van der Waals surface area contributed by atoms with Crippen molar-refractivity contribution in [3.8, 4) is 0 Å². The third-order valence-corrected chi connectivity index (χ3v) is 2.66. The number of carbonyl (C=O) groups is 1. The number of ether oxygens (including phenoxy) is 1. The molecule has 104 valence electrons. The minimum absolute atomic E-state index is 0.0118. The number of halogens is 1. The number of hydrogen-bond acceptors (Lipinski definition) is 3. The van der Waals surface area contributed by atoms with Gasteiger partial charge in [0.15, 0.2) is 0 Å². The highest BCUT2D eigenvalue weighted by atomic mass is 79.9. The fraction of sp³-hybridized carbons (Fsp3) is 0.308. The average Bonchev–Trinajstić information content (AvgIpc) is 2.41. The van der Waals surface area contributed by atoms with Crippen molar-refractivity contribution < 1.29 is 14.6 Å². The van der Waals surface area contributed by atoms with Crippen molar-refractivity contribution in [1.29, 1.82) is 0 Å². The Bertz CT molecular complexity index is 407. The first kappa shape index (κ1) is 15.7. The molecule has 19 heavy (non-hydrogen) atoms. The van der Waals surface area contributed by atoms with Gasteiger partial charge in [-0.2, -0.15) is 0 Å². The lowest BCUT2D eigenvalue weighted by Gasteiger charge is -2.04. The molecule has 0 fully saturated rings. The molecule has 0 aliphatic carbocycles. The number of rotatable bonds is 7. The van der Waals surface area contributed by atoms with Gasteiger partial charge in [-0.05, 0) is 23.8 Å². The van der Waals surface area contributed by atoms with E-state index < -0.39 is 0 Å². The molecule has 0 saturated heterocycles. The third kappa shape index (κ3) is 7.61. The summed E-state index contributed by atoms with van der Waals surface area (Å²) in [4.78, 5) is 11.3. The Kier molecular flexibility index (Phi) is 7.88. The fourth-order valence-electron chi connectivity index (χ4n) is 1.24. The van der Waals surface area contributed by atoms with Crippen LogP contribution < -0.4 is 10.6 Å². The van der Waals surface area contributed by atoms with Gasteiger partial charge < -0.3 is 20.5 Å². The molecule has 3 N–H and O–H groups in total. The number of benzene rings is 1. The van der Waals surface area contributed by atoms with Crippen molar-refractivity contribution in [2.24, 2.45) is 0 Å². The highest BCUT2D eigenvalue weighted by Gasteiger charge is 1.95. The SMILES string of the molecule is O=C(N/C=C/c1ccc(Br)cc1)NCCOCCO. The summed E-state index contributed by atoms with van der Waals surface area (Å²) in [5.74, 6) is 0. The van der Waals surface area contributed by atoms with E-state index in [4.69, 9.17) is 9.84 Å². The van der Waals surface area contributed by atoms with E-state index >= 15 is 0 Å². The van der Waals surface area contributed by atoms with Crippen molar-refractivity contribution in [1.82, 2.24) is 10.6 Å². The lowest BCUT2D eigenvalue weighted by molar-refractivity contribution is 0.0948. The number of aliphatic hydroxyl groups excluding tert-OH is 1. The van der Waals surface area contributed by atoms with Crippen molar-refractivity contribution in [3.63, 3.8) is 0 Å². The molecule has 0 bridgehead atoms. The molecule has 0 heterocycles. The molecule has 0 saturated carbocycles. The topological polar surface area (TPSA) is 70.6 Å². The van der Waals surface area contributed by atoms with Gasteiger partial charge in [0.2, 0.25) is 0 Å². The van der Waals surface area contributed by atoms with Crippen LogP contribution in [0.4, 0.5) is 4.79 Å². The molecule has 2 amide bonds. The summed E-state index contributed by atoms with van der Waals surface area (Å²) < 4.78 is 6.02. The molecule has 0 atom stereocenters. The smallest absolute Gasteiger partial charge is 0.318 e.